The smallest absolute Gasteiger partial charge is 0.123 e. The summed E-state index contributed by atoms with van der Waals surface area (Å²) in [5.41, 5.74) is 5.82. The van der Waals surface area contributed by atoms with Crippen molar-refractivity contribution in [3.05, 3.63) is 30.1 Å². The van der Waals surface area contributed by atoms with Crippen LogP contribution in [0.25, 0.3) is 0 Å². The molecule has 4 heteroatoms. The molecule has 0 spiro atoms. The molecule has 1 aromatic carbocycles. The summed E-state index contributed by atoms with van der Waals surface area (Å²) in [6.07, 6.45) is 2.10. The molecule has 1 unspecified atom stereocenters. The molecule has 0 radical (unpaired) electrons. The van der Waals surface area contributed by atoms with Gasteiger partial charge in [-0.2, -0.15) is 0 Å². The molecule has 0 amide bonds. The van der Waals surface area contributed by atoms with E-state index in [1.54, 1.807) is 12.1 Å². The zero-order valence-electron chi connectivity index (χ0n) is 10.8. The summed E-state index contributed by atoms with van der Waals surface area (Å²) in [5.74, 6) is 0.0723. The van der Waals surface area contributed by atoms with Crippen molar-refractivity contribution >= 4 is 5.69 Å². The van der Waals surface area contributed by atoms with Crippen molar-refractivity contribution in [3.8, 4) is 0 Å². The highest BCUT2D eigenvalue weighted by atomic mass is 19.1. The lowest BCUT2D eigenvalue weighted by Crippen LogP contribution is -2.50. The zero-order valence-corrected chi connectivity index (χ0v) is 10.8. The maximum Gasteiger partial charge on any atom is 0.123 e. The van der Waals surface area contributed by atoms with Gasteiger partial charge in [-0.05, 0) is 49.9 Å². The van der Waals surface area contributed by atoms with Crippen molar-refractivity contribution < 1.29 is 9.50 Å². The van der Waals surface area contributed by atoms with Gasteiger partial charge in [-0.15, -0.1) is 0 Å². The van der Waals surface area contributed by atoms with Crippen LogP contribution in [0.15, 0.2) is 24.3 Å². The normalized spacial score (nSPS) is 18.4. The van der Waals surface area contributed by atoms with Crippen molar-refractivity contribution in [3.63, 3.8) is 0 Å². The van der Waals surface area contributed by atoms with Crippen molar-refractivity contribution in [1.82, 2.24) is 0 Å². The molecular formula is C14H21FN2O. The van der Waals surface area contributed by atoms with Gasteiger partial charge in [-0.3, -0.25) is 0 Å². The number of nitrogens with zero attached hydrogens (tertiary/aromatic N) is 1. The Bertz CT molecular complexity index is 391. The van der Waals surface area contributed by atoms with Gasteiger partial charge in [0, 0.05) is 25.3 Å². The monoisotopic (exact) mass is 252 g/mol. The maximum absolute atomic E-state index is 12.9. The van der Waals surface area contributed by atoms with Gasteiger partial charge in [0.15, 0.2) is 0 Å². The minimum Gasteiger partial charge on any atom is -0.386 e. The van der Waals surface area contributed by atoms with Crippen molar-refractivity contribution in [2.24, 2.45) is 11.7 Å². The molecule has 1 fully saturated rings. The summed E-state index contributed by atoms with van der Waals surface area (Å²) in [5, 5.41) is 10.5. The topological polar surface area (TPSA) is 49.5 Å². The number of rotatable bonds is 6. The van der Waals surface area contributed by atoms with Crippen LogP contribution in [0.1, 0.15) is 19.8 Å². The minimum atomic E-state index is -0.815. The van der Waals surface area contributed by atoms with E-state index in [1.165, 1.54) is 12.1 Å². The van der Waals surface area contributed by atoms with Crippen LogP contribution in [0, 0.1) is 11.7 Å². The van der Waals surface area contributed by atoms with Gasteiger partial charge < -0.3 is 15.7 Å². The molecule has 3 N–H and O–H groups in total. The number of hydrogen-bond donors (Lipinski definition) is 2. The van der Waals surface area contributed by atoms with Crippen LogP contribution < -0.4 is 10.6 Å². The summed E-state index contributed by atoms with van der Waals surface area (Å²) in [6, 6.07) is 6.36. The van der Waals surface area contributed by atoms with E-state index in [-0.39, 0.29) is 12.4 Å². The van der Waals surface area contributed by atoms with Gasteiger partial charge >= 0.3 is 0 Å². The standard InChI is InChI=1S/C14H21FN2O/c1-2-17(13-7-5-12(15)6-8-13)10-14(18,9-16)11-3-4-11/h5-8,11,18H,2-4,9-10,16H2,1H3. The van der Waals surface area contributed by atoms with Crippen LogP contribution >= 0.6 is 0 Å². The first-order chi connectivity index (χ1) is 8.59. The van der Waals surface area contributed by atoms with E-state index in [4.69, 9.17) is 5.73 Å². The van der Waals surface area contributed by atoms with Gasteiger partial charge in [0.05, 0.1) is 5.60 Å². The largest absolute Gasteiger partial charge is 0.386 e. The Morgan fingerprint density at radius 2 is 2.00 bits per heavy atom. The molecule has 1 aliphatic carbocycles. The summed E-state index contributed by atoms with van der Waals surface area (Å²) in [4.78, 5) is 2.05. The number of likely N-dealkylation sites (N-methyl/N-ethyl adjacent to an activating group) is 1. The first-order valence-corrected chi connectivity index (χ1v) is 6.52. The highest BCUT2D eigenvalue weighted by molar-refractivity contribution is 5.46. The van der Waals surface area contributed by atoms with Crippen LogP contribution in [0.4, 0.5) is 10.1 Å². The van der Waals surface area contributed by atoms with Crippen LogP contribution in [0.5, 0.6) is 0 Å². The van der Waals surface area contributed by atoms with Gasteiger partial charge in [-0.1, -0.05) is 0 Å². The Kier molecular flexibility index (Phi) is 3.88. The van der Waals surface area contributed by atoms with E-state index < -0.39 is 5.60 Å². The van der Waals surface area contributed by atoms with Crippen LogP contribution in [-0.2, 0) is 0 Å². The second kappa shape index (κ2) is 5.24. The molecule has 1 saturated carbocycles. The number of halogens is 1. The predicted octanol–water partition coefficient (Wildman–Crippen LogP) is 1.75. The van der Waals surface area contributed by atoms with E-state index in [0.717, 1.165) is 25.1 Å². The fourth-order valence-electron chi connectivity index (χ4n) is 2.35. The SMILES string of the molecule is CCN(CC(O)(CN)C1CC1)c1ccc(F)cc1. The van der Waals surface area contributed by atoms with E-state index in [9.17, 15) is 9.50 Å². The summed E-state index contributed by atoms with van der Waals surface area (Å²) in [6.45, 7) is 3.57. The Morgan fingerprint density at radius 1 is 1.39 bits per heavy atom. The van der Waals surface area contributed by atoms with Crippen LogP contribution in [0.3, 0.4) is 0 Å². The molecule has 0 aliphatic heterocycles. The summed E-state index contributed by atoms with van der Waals surface area (Å²) < 4.78 is 12.9. The molecule has 0 saturated heterocycles. The molecule has 0 heterocycles. The average molecular weight is 252 g/mol. The molecule has 1 atom stereocenters. The lowest BCUT2D eigenvalue weighted by molar-refractivity contribution is 0.0336. The number of benzene rings is 1. The van der Waals surface area contributed by atoms with E-state index >= 15 is 0 Å². The molecule has 1 aromatic rings. The zero-order chi connectivity index (χ0) is 13.2. The maximum atomic E-state index is 12.9. The van der Waals surface area contributed by atoms with Crippen LogP contribution in [0.2, 0.25) is 0 Å². The third kappa shape index (κ3) is 2.82. The fraction of sp³-hybridized carbons (Fsp3) is 0.571. The quantitative estimate of drug-likeness (QED) is 0.811. The number of hydrogen-bond acceptors (Lipinski definition) is 3. The average Bonchev–Trinajstić information content (AvgIpc) is 3.21. The third-order valence-corrected chi connectivity index (χ3v) is 3.73. The molecular weight excluding hydrogens is 231 g/mol. The second-order valence-corrected chi connectivity index (χ2v) is 5.07. The highest BCUT2D eigenvalue weighted by Gasteiger charge is 2.43. The molecule has 3 nitrogen and oxygen atoms in total. The molecule has 0 aromatic heterocycles. The van der Waals surface area contributed by atoms with Crippen LogP contribution in [-0.4, -0.2) is 30.3 Å². The van der Waals surface area contributed by atoms with Gasteiger partial charge in [0.2, 0.25) is 0 Å². The summed E-state index contributed by atoms with van der Waals surface area (Å²) >= 11 is 0. The van der Waals surface area contributed by atoms with Gasteiger partial charge in [-0.25, -0.2) is 4.39 Å². The van der Waals surface area contributed by atoms with E-state index in [0.29, 0.717) is 12.5 Å². The second-order valence-electron chi connectivity index (χ2n) is 5.07. The predicted molar refractivity (Wildman–Crippen MR) is 71.0 cm³/mol. The first-order valence-electron chi connectivity index (χ1n) is 6.52. The fourth-order valence-corrected chi connectivity index (χ4v) is 2.35. The van der Waals surface area contributed by atoms with Crippen molar-refractivity contribution in [2.45, 2.75) is 25.4 Å². The Morgan fingerprint density at radius 3 is 2.44 bits per heavy atom. The Labute approximate surface area is 107 Å². The third-order valence-electron chi connectivity index (χ3n) is 3.73. The molecule has 0 bridgehead atoms. The van der Waals surface area contributed by atoms with E-state index in [2.05, 4.69) is 0 Å². The summed E-state index contributed by atoms with van der Waals surface area (Å²) in [7, 11) is 0. The Balaban J connectivity index is 2.11. The first kappa shape index (κ1) is 13.3. The molecule has 1 aliphatic rings. The molecule has 100 valence electrons. The molecule has 18 heavy (non-hydrogen) atoms. The number of nitrogens with two attached hydrogens (primary N) is 1. The number of aliphatic hydroxyl groups is 1. The number of anilines is 1. The van der Waals surface area contributed by atoms with Crippen molar-refractivity contribution in [1.29, 1.82) is 0 Å². The lowest BCUT2D eigenvalue weighted by Gasteiger charge is -2.34. The highest BCUT2D eigenvalue weighted by Crippen LogP contribution is 2.40. The van der Waals surface area contributed by atoms with Gasteiger partial charge in [0.1, 0.15) is 5.82 Å². The molecule has 2 rings (SSSR count). The minimum absolute atomic E-state index is 0.244. The lowest BCUT2D eigenvalue weighted by atomic mass is 9.97. The Hall–Kier alpha value is -1.13. The van der Waals surface area contributed by atoms with E-state index in [1.807, 2.05) is 11.8 Å². The van der Waals surface area contributed by atoms with Crippen molar-refractivity contribution in [2.75, 3.05) is 24.5 Å². The van der Waals surface area contributed by atoms with Gasteiger partial charge in [0.25, 0.3) is 0 Å².